The fraction of sp³-hybridized carbons (Fsp3) is 0.323. The lowest BCUT2D eigenvalue weighted by atomic mass is 9.92. The Morgan fingerprint density at radius 1 is 1.02 bits per heavy atom. The van der Waals surface area contributed by atoms with Crippen molar-refractivity contribution in [1.29, 1.82) is 0 Å². The number of aliphatic hydroxyl groups excluding tert-OH is 1. The zero-order valence-electron chi connectivity index (χ0n) is 24.1. The Morgan fingerprint density at radius 3 is 2.66 bits per heavy atom. The zero-order chi connectivity index (χ0) is 30.7. The van der Waals surface area contributed by atoms with E-state index in [4.69, 9.17) is 9.78 Å². The first-order chi connectivity index (χ1) is 21.5. The number of aliphatic hydroxyl groups is 1. The van der Waals surface area contributed by atoms with Crippen molar-refractivity contribution in [2.75, 3.05) is 29.9 Å². The highest BCUT2D eigenvalue weighted by Gasteiger charge is 2.27. The van der Waals surface area contributed by atoms with Crippen molar-refractivity contribution in [2.24, 2.45) is 0 Å². The van der Waals surface area contributed by atoms with Gasteiger partial charge < -0.3 is 24.7 Å². The molecule has 0 bridgehead atoms. The minimum absolute atomic E-state index is 0.0585. The van der Waals surface area contributed by atoms with Crippen molar-refractivity contribution in [3.8, 4) is 0 Å². The van der Waals surface area contributed by atoms with Crippen LogP contribution >= 0.6 is 0 Å². The number of hydrogen-bond acceptors (Lipinski definition) is 10. The number of aromatic nitrogens is 5. The Hall–Kier alpha value is -4.46. The van der Waals surface area contributed by atoms with Crippen LogP contribution in [0.3, 0.4) is 0 Å². The Kier molecular flexibility index (Phi) is 8.51. The van der Waals surface area contributed by atoms with E-state index < -0.39 is 16.3 Å². The van der Waals surface area contributed by atoms with Crippen LogP contribution < -0.4 is 14.9 Å². The monoisotopic (exact) mass is 614 g/mol. The highest BCUT2D eigenvalue weighted by Crippen LogP contribution is 2.33. The fourth-order valence-corrected chi connectivity index (χ4v) is 7.38. The number of carbonyl (C=O) groups is 1. The number of anilines is 2. The van der Waals surface area contributed by atoms with Crippen molar-refractivity contribution >= 4 is 50.4 Å². The Morgan fingerprint density at radius 2 is 1.82 bits per heavy atom. The van der Waals surface area contributed by atoms with E-state index in [0.717, 1.165) is 68.0 Å². The molecule has 1 fully saturated rings. The molecule has 13 heteroatoms. The molecule has 3 aromatic heterocycles. The molecule has 12 nitrogen and oxygen atoms in total. The molecule has 44 heavy (non-hydrogen) atoms. The molecule has 1 saturated heterocycles. The first kappa shape index (κ1) is 29.6. The van der Waals surface area contributed by atoms with Gasteiger partial charge in [-0.25, -0.2) is 28.4 Å². The number of carbonyl (C=O) groups excluding carboxylic acids is 1. The van der Waals surface area contributed by atoms with E-state index in [0.29, 0.717) is 22.5 Å². The summed E-state index contributed by atoms with van der Waals surface area (Å²) < 4.78 is 30.4. The molecule has 1 atom stereocenters. The summed E-state index contributed by atoms with van der Waals surface area (Å²) in [6.45, 7) is 4.54. The predicted molar refractivity (Wildman–Crippen MR) is 168 cm³/mol. The minimum Gasteiger partial charge on any atom is -0.376 e. The molecular weight excluding hydrogens is 580 g/mol. The number of aryl methyl sites for hydroxylation is 1. The first-order valence-electron chi connectivity index (χ1n) is 14.6. The molecule has 2 aromatic carbocycles. The normalized spacial score (nSPS) is 16.2. The van der Waals surface area contributed by atoms with Gasteiger partial charge in [-0.3, -0.25) is 0 Å². The maximum Gasteiger partial charge on any atom is 0.243 e. The van der Waals surface area contributed by atoms with Gasteiger partial charge in [-0.2, -0.15) is 4.72 Å². The van der Waals surface area contributed by atoms with Crippen LogP contribution in [0.2, 0.25) is 0 Å². The molecule has 0 radical (unpaired) electrons. The molecule has 0 spiro atoms. The molecule has 2 aliphatic rings. The van der Waals surface area contributed by atoms with Crippen LogP contribution in [0.25, 0.3) is 21.9 Å². The van der Waals surface area contributed by atoms with Crippen LogP contribution in [0.1, 0.15) is 36.4 Å². The molecule has 3 N–H and O–H groups in total. The second-order valence-electron chi connectivity index (χ2n) is 10.9. The molecule has 5 heterocycles. The number of hydrogen-bond donors (Lipinski definition) is 3. The summed E-state index contributed by atoms with van der Waals surface area (Å²) in [5, 5.41) is 15.6. The maximum absolute atomic E-state index is 13.2. The van der Waals surface area contributed by atoms with Crippen molar-refractivity contribution in [2.45, 2.75) is 49.3 Å². The van der Waals surface area contributed by atoms with E-state index in [9.17, 15) is 13.5 Å². The van der Waals surface area contributed by atoms with E-state index >= 15 is 0 Å². The van der Waals surface area contributed by atoms with Gasteiger partial charge in [-0.05, 0) is 48.8 Å². The van der Waals surface area contributed by atoms with Gasteiger partial charge >= 0.3 is 0 Å². The van der Waals surface area contributed by atoms with Gasteiger partial charge in [0.15, 0.2) is 17.0 Å². The van der Waals surface area contributed by atoms with Crippen molar-refractivity contribution < 1.29 is 18.3 Å². The number of imidazole rings is 1. The molecule has 0 amide bonds. The van der Waals surface area contributed by atoms with E-state index in [2.05, 4.69) is 42.0 Å². The summed E-state index contributed by atoms with van der Waals surface area (Å²) in [7, 11) is -3.99. The lowest BCUT2D eigenvalue weighted by Crippen LogP contribution is -2.37. The molecule has 228 valence electrons. The second-order valence-corrected chi connectivity index (χ2v) is 12.6. The molecule has 7 rings (SSSR count). The van der Waals surface area contributed by atoms with Crippen molar-refractivity contribution in [3.05, 3.63) is 78.5 Å². The smallest absolute Gasteiger partial charge is 0.243 e. The SMILES string of the molecule is C=O.O=S(=O)(NC(O)Cn1cnc2c(N3CCC(c4ccc5c(n4)NCCC5)CC3)ncnc21)c1cccc2ccccc12. The average Bonchev–Trinajstić information content (AvgIpc) is 3.47. The summed E-state index contributed by atoms with van der Waals surface area (Å²) in [6.07, 6.45) is 5.80. The van der Waals surface area contributed by atoms with Crippen LogP contribution in [0.5, 0.6) is 0 Å². The van der Waals surface area contributed by atoms with Gasteiger partial charge in [0.05, 0.1) is 17.8 Å². The number of sulfonamides is 1. The molecule has 2 aliphatic heterocycles. The van der Waals surface area contributed by atoms with Gasteiger partial charge in [0.2, 0.25) is 10.0 Å². The molecule has 0 aliphatic carbocycles. The Balaban J connectivity index is 0.00000168. The number of rotatable bonds is 7. The van der Waals surface area contributed by atoms with Crippen LogP contribution in [0.15, 0.2) is 72.1 Å². The first-order valence-corrected chi connectivity index (χ1v) is 16.1. The highest BCUT2D eigenvalue weighted by atomic mass is 32.2. The number of fused-ring (bicyclic) bond motifs is 3. The third-order valence-corrected chi connectivity index (χ3v) is 9.73. The summed E-state index contributed by atoms with van der Waals surface area (Å²) in [4.78, 5) is 28.8. The predicted octanol–water partition coefficient (Wildman–Crippen LogP) is 3.23. The third-order valence-electron chi connectivity index (χ3n) is 8.21. The lowest BCUT2D eigenvalue weighted by Gasteiger charge is -2.33. The second kappa shape index (κ2) is 12.6. The molecular formula is C31H34N8O4S. The van der Waals surface area contributed by atoms with E-state index in [1.807, 2.05) is 25.0 Å². The van der Waals surface area contributed by atoms with Crippen LogP contribution in [-0.4, -0.2) is 70.7 Å². The number of nitrogens with one attached hydrogen (secondary N) is 2. The number of benzene rings is 2. The lowest BCUT2D eigenvalue weighted by molar-refractivity contribution is -0.0980. The van der Waals surface area contributed by atoms with Crippen molar-refractivity contribution in [1.82, 2.24) is 29.2 Å². The van der Waals surface area contributed by atoms with Gasteiger partial charge in [0.1, 0.15) is 25.2 Å². The fourth-order valence-electron chi connectivity index (χ4n) is 6.09. The maximum atomic E-state index is 13.2. The Bertz CT molecular complexity index is 1880. The van der Waals surface area contributed by atoms with E-state index in [-0.39, 0.29) is 11.4 Å². The number of pyridine rings is 1. The third kappa shape index (κ3) is 5.85. The number of piperidine rings is 1. The van der Waals surface area contributed by atoms with E-state index in [1.165, 1.54) is 18.0 Å². The minimum atomic E-state index is -3.99. The van der Waals surface area contributed by atoms with E-state index in [1.54, 1.807) is 29.1 Å². The summed E-state index contributed by atoms with van der Waals surface area (Å²) >= 11 is 0. The van der Waals surface area contributed by atoms with Gasteiger partial charge in [0.25, 0.3) is 0 Å². The van der Waals surface area contributed by atoms with Crippen LogP contribution in [0.4, 0.5) is 11.6 Å². The molecule has 0 saturated carbocycles. The summed E-state index contributed by atoms with van der Waals surface area (Å²) in [6, 6.07) is 16.7. The van der Waals surface area contributed by atoms with Crippen molar-refractivity contribution in [3.63, 3.8) is 0 Å². The topological polar surface area (TPSA) is 155 Å². The van der Waals surface area contributed by atoms with Gasteiger partial charge in [-0.15, -0.1) is 0 Å². The largest absolute Gasteiger partial charge is 0.376 e. The van der Waals surface area contributed by atoms with Crippen LogP contribution in [0, 0.1) is 0 Å². The van der Waals surface area contributed by atoms with Crippen LogP contribution in [-0.2, 0) is 27.8 Å². The quantitative estimate of drug-likeness (QED) is 0.233. The summed E-state index contributed by atoms with van der Waals surface area (Å²) in [5.41, 5.74) is 3.59. The highest BCUT2D eigenvalue weighted by molar-refractivity contribution is 7.89. The van der Waals surface area contributed by atoms with Gasteiger partial charge in [-0.1, -0.05) is 42.5 Å². The van der Waals surface area contributed by atoms with Gasteiger partial charge in [0, 0.05) is 36.6 Å². The molecule has 1 unspecified atom stereocenters. The molecule has 5 aromatic rings. The summed E-state index contributed by atoms with van der Waals surface area (Å²) in [5.74, 6) is 2.16. The zero-order valence-corrected chi connectivity index (χ0v) is 24.9. The number of nitrogens with zero attached hydrogens (tertiary/aromatic N) is 6. The average molecular weight is 615 g/mol. The standard InChI is InChI=1S/C30H32N8O3S.CH2O/c39-26(36-42(40,41)25-9-3-6-20-5-1-2-8-23(20)25)17-38-19-34-27-29(32-18-33-30(27)38)37-15-12-21(13-16-37)24-11-10-22-7-4-14-31-28(22)35-24;1-2/h1-3,5-6,8-11,18-19,21,26,36,39H,4,7,12-17H2,(H,31,35);1H2. The Labute approximate surface area is 255 Å².